The summed E-state index contributed by atoms with van der Waals surface area (Å²) in [6.07, 6.45) is 10.2. The second-order valence-corrected chi connectivity index (χ2v) is 8.38. The fourth-order valence-corrected chi connectivity index (χ4v) is 4.50. The molecule has 3 fully saturated rings. The Hall–Kier alpha value is -1.65. The topological polar surface area (TPSA) is 58.1 Å². The van der Waals surface area contributed by atoms with Crippen molar-refractivity contribution in [3.8, 4) is 0 Å². The molecule has 1 N–H and O–H groups in total. The maximum Gasteiger partial charge on any atom is 0.225 e. The maximum atomic E-state index is 12.7. The zero-order chi connectivity index (χ0) is 17.4. The Morgan fingerprint density at radius 2 is 2.00 bits per heavy atom. The lowest BCUT2D eigenvalue weighted by Gasteiger charge is -2.38. The molecule has 0 spiro atoms. The van der Waals surface area contributed by atoms with Gasteiger partial charge in [-0.15, -0.1) is 0 Å². The summed E-state index contributed by atoms with van der Waals surface area (Å²) in [6.45, 7) is 6.11. The summed E-state index contributed by atoms with van der Waals surface area (Å²) < 4.78 is 0. The number of piperidine rings is 1. The minimum absolute atomic E-state index is 0.0919. The molecule has 1 atom stereocenters. The van der Waals surface area contributed by atoms with Gasteiger partial charge in [-0.3, -0.25) is 4.79 Å². The zero-order valence-electron chi connectivity index (χ0n) is 15.5. The van der Waals surface area contributed by atoms with Gasteiger partial charge in [0.1, 0.15) is 0 Å². The third kappa shape index (κ3) is 3.38. The molecule has 0 bridgehead atoms. The third-order valence-corrected chi connectivity index (χ3v) is 6.77. The maximum absolute atomic E-state index is 12.7. The first-order valence-electron chi connectivity index (χ1n) is 9.94. The molecule has 0 aromatic carbocycles. The highest BCUT2D eigenvalue weighted by Gasteiger charge is 2.51. The van der Waals surface area contributed by atoms with Gasteiger partial charge in [0.05, 0.1) is 0 Å². The van der Waals surface area contributed by atoms with Gasteiger partial charge in [0.2, 0.25) is 11.9 Å². The van der Waals surface area contributed by atoms with Crippen LogP contribution < -0.4 is 10.2 Å². The molecule has 1 aromatic heterocycles. The Morgan fingerprint density at radius 1 is 1.28 bits per heavy atom. The van der Waals surface area contributed by atoms with Crippen molar-refractivity contribution in [1.82, 2.24) is 15.3 Å². The highest BCUT2D eigenvalue weighted by Crippen LogP contribution is 2.47. The molecule has 2 heterocycles. The van der Waals surface area contributed by atoms with Gasteiger partial charge in [-0.25, -0.2) is 9.97 Å². The van der Waals surface area contributed by atoms with Crippen molar-refractivity contribution < 1.29 is 4.79 Å². The number of nitrogens with one attached hydrogen (secondary N) is 1. The third-order valence-electron chi connectivity index (χ3n) is 6.77. The molecule has 1 aliphatic heterocycles. The van der Waals surface area contributed by atoms with Crippen LogP contribution in [0.25, 0.3) is 0 Å². The molecule has 1 amide bonds. The first kappa shape index (κ1) is 16.8. The van der Waals surface area contributed by atoms with E-state index in [1.807, 2.05) is 19.2 Å². The predicted molar refractivity (Wildman–Crippen MR) is 98.3 cm³/mol. The molecule has 0 radical (unpaired) electrons. The summed E-state index contributed by atoms with van der Waals surface area (Å²) in [4.78, 5) is 23.9. The highest BCUT2D eigenvalue weighted by molar-refractivity contribution is 5.80. The second-order valence-electron chi connectivity index (χ2n) is 8.38. The number of aryl methyl sites for hydroxylation is 1. The number of hydrogen-bond donors (Lipinski definition) is 1. The van der Waals surface area contributed by atoms with E-state index in [9.17, 15) is 4.79 Å². The van der Waals surface area contributed by atoms with Gasteiger partial charge < -0.3 is 10.2 Å². The van der Waals surface area contributed by atoms with E-state index in [4.69, 9.17) is 0 Å². The predicted octanol–water partition coefficient (Wildman–Crippen LogP) is 3.09. The average molecular weight is 342 g/mol. The fraction of sp³-hybridized carbons (Fsp3) is 0.750. The normalized spacial score (nSPS) is 24.5. The number of carbonyl (C=O) groups is 1. The van der Waals surface area contributed by atoms with Crippen LogP contribution in [0.4, 0.5) is 5.95 Å². The summed E-state index contributed by atoms with van der Waals surface area (Å²) in [5.41, 5.74) is 1.11. The Bertz CT molecular complexity index is 630. The van der Waals surface area contributed by atoms with Crippen molar-refractivity contribution in [2.75, 3.05) is 18.0 Å². The quantitative estimate of drug-likeness (QED) is 0.893. The van der Waals surface area contributed by atoms with E-state index < -0.39 is 0 Å². The van der Waals surface area contributed by atoms with E-state index in [0.29, 0.717) is 17.7 Å². The van der Waals surface area contributed by atoms with Crippen LogP contribution in [0.3, 0.4) is 0 Å². The van der Waals surface area contributed by atoms with Gasteiger partial charge in [-0.2, -0.15) is 0 Å². The zero-order valence-corrected chi connectivity index (χ0v) is 15.5. The lowest BCUT2D eigenvalue weighted by atomic mass is 9.76. The molecule has 25 heavy (non-hydrogen) atoms. The van der Waals surface area contributed by atoms with Crippen LogP contribution in [0.1, 0.15) is 57.6 Å². The van der Waals surface area contributed by atoms with Crippen molar-refractivity contribution in [2.45, 2.75) is 64.3 Å². The lowest BCUT2D eigenvalue weighted by Crippen LogP contribution is -2.50. The largest absolute Gasteiger partial charge is 0.350 e. The van der Waals surface area contributed by atoms with Crippen molar-refractivity contribution in [1.29, 1.82) is 0 Å². The summed E-state index contributed by atoms with van der Waals surface area (Å²) in [5, 5.41) is 3.46. The van der Waals surface area contributed by atoms with Crippen molar-refractivity contribution in [3.63, 3.8) is 0 Å². The van der Waals surface area contributed by atoms with E-state index in [2.05, 4.69) is 27.1 Å². The van der Waals surface area contributed by atoms with E-state index in [1.165, 1.54) is 19.3 Å². The number of hydrogen-bond acceptors (Lipinski definition) is 4. The van der Waals surface area contributed by atoms with Crippen molar-refractivity contribution in [2.24, 2.45) is 17.8 Å². The molecular weight excluding hydrogens is 312 g/mol. The van der Waals surface area contributed by atoms with Crippen molar-refractivity contribution in [3.05, 3.63) is 18.0 Å². The number of nitrogens with zero attached hydrogens (tertiary/aromatic N) is 3. The molecule has 1 saturated heterocycles. The number of amides is 1. The molecular formula is C20H30N4O. The minimum atomic E-state index is 0.0919. The highest BCUT2D eigenvalue weighted by atomic mass is 16.2. The molecule has 4 rings (SSSR count). The van der Waals surface area contributed by atoms with E-state index in [0.717, 1.165) is 50.4 Å². The monoisotopic (exact) mass is 342 g/mol. The van der Waals surface area contributed by atoms with E-state index >= 15 is 0 Å². The van der Waals surface area contributed by atoms with Crippen LogP contribution in [0, 0.1) is 24.7 Å². The van der Waals surface area contributed by atoms with Crippen LogP contribution in [0.2, 0.25) is 0 Å². The molecule has 5 heteroatoms. The van der Waals surface area contributed by atoms with Crippen LogP contribution in [-0.4, -0.2) is 34.5 Å². The first-order chi connectivity index (χ1) is 12.1. The van der Waals surface area contributed by atoms with Gasteiger partial charge in [-0.1, -0.05) is 13.3 Å². The van der Waals surface area contributed by atoms with E-state index in [1.54, 1.807) is 0 Å². The summed E-state index contributed by atoms with van der Waals surface area (Å²) >= 11 is 0. The fourth-order valence-electron chi connectivity index (χ4n) is 4.50. The summed E-state index contributed by atoms with van der Waals surface area (Å²) in [7, 11) is 0. The molecule has 3 aliphatic rings. The molecule has 1 unspecified atom stereocenters. The lowest BCUT2D eigenvalue weighted by molar-refractivity contribution is -0.128. The second kappa shape index (κ2) is 6.58. The molecule has 136 valence electrons. The number of aromatic nitrogens is 2. The van der Waals surface area contributed by atoms with Gasteiger partial charge in [0, 0.05) is 36.4 Å². The molecule has 2 saturated carbocycles. The van der Waals surface area contributed by atoms with Gasteiger partial charge in [-0.05, 0) is 63.4 Å². The molecule has 2 aliphatic carbocycles. The van der Waals surface area contributed by atoms with Gasteiger partial charge >= 0.3 is 0 Å². The number of rotatable bonds is 5. The SMILES string of the molecule is Cc1ccnc(N2CCC(C3(NC(=O)C(C)C4CCC4)CC3)CC2)n1. The van der Waals surface area contributed by atoms with Gasteiger partial charge in [0.25, 0.3) is 0 Å². The van der Waals surface area contributed by atoms with Crippen LogP contribution >= 0.6 is 0 Å². The molecule has 1 aromatic rings. The smallest absolute Gasteiger partial charge is 0.225 e. The van der Waals surface area contributed by atoms with Crippen LogP contribution in [0.5, 0.6) is 0 Å². The standard InChI is InChI=1S/C20H30N4O/c1-14-6-11-21-19(22-14)24-12-7-17(8-13-24)20(9-10-20)23-18(25)15(2)16-4-3-5-16/h6,11,15-17H,3-5,7-10,12-13H2,1-2H3,(H,23,25). The van der Waals surface area contributed by atoms with Gasteiger partial charge in [0.15, 0.2) is 0 Å². The van der Waals surface area contributed by atoms with E-state index in [-0.39, 0.29) is 11.5 Å². The number of anilines is 1. The van der Waals surface area contributed by atoms with Crippen LogP contribution in [-0.2, 0) is 4.79 Å². The molecule has 5 nitrogen and oxygen atoms in total. The first-order valence-corrected chi connectivity index (χ1v) is 9.94. The number of carbonyl (C=O) groups excluding carboxylic acids is 1. The Labute approximate surface area is 150 Å². The Balaban J connectivity index is 1.33. The summed E-state index contributed by atoms with van der Waals surface area (Å²) in [5.74, 6) is 2.56. The summed E-state index contributed by atoms with van der Waals surface area (Å²) in [6, 6.07) is 1.94. The average Bonchev–Trinajstić information content (AvgIpc) is 3.34. The van der Waals surface area contributed by atoms with Crippen molar-refractivity contribution >= 4 is 11.9 Å². The van der Waals surface area contributed by atoms with Crippen LogP contribution in [0.15, 0.2) is 12.3 Å². The Kier molecular flexibility index (Phi) is 4.42. The Morgan fingerprint density at radius 3 is 2.56 bits per heavy atom. The minimum Gasteiger partial charge on any atom is -0.350 e.